The number of carbonyl (C=O) groups excluding carboxylic acids is 1. The van der Waals surface area contributed by atoms with E-state index in [4.69, 9.17) is 4.99 Å². The summed E-state index contributed by atoms with van der Waals surface area (Å²) in [6.45, 7) is 6.67. The molecule has 3 rings (SSSR count). The van der Waals surface area contributed by atoms with Crippen LogP contribution in [0.1, 0.15) is 47.3 Å². The van der Waals surface area contributed by atoms with E-state index in [0.29, 0.717) is 6.04 Å². The van der Waals surface area contributed by atoms with Crippen molar-refractivity contribution in [3.05, 3.63) is 71.3 Å². The Morgan fingerprint density at radius 3 is 2.45 bits per heavy atom. The van der Waals surface area contributed by atoms with Gasteiger partial charge in [-0.15, -0.1) is 24.0 Å². The Balaban J connectivity index is 0.00000385. The van der Waals surface area contributed by atoms with Gasteiger partial charge in [0.15, 0.2) is 5.96 Å². The summed E-state index contributed by atoms with van der Waals surface area (Å²) in [7, 11) is 3.56. The molecule has 180 valence electrons. The molecule has 1 aliphatic heterocycles. The lowest BCUT2D eigenvalue weighted by molar-refractivity contribution is 0.0827. The van der Waals surface area contributed by atoms with E-state index in [1.807, 2.05) is 18.2 Å². The van der Waals surface area contributed by atoms with Crippen molar-refractivity contribution in [2.45, 2.75) is 32.2 Å². The van der Waals surface area contributed by atoms with Gasteiger partial charge in [0.2, 0.25) is 0 Å². The lowest BCUT2D eigenvalue weighted by Gasteiger charge is -2.27. The van der Waals surface area contributed by atoms with Gasteiger partial charge < -0.3 is 15.5 Å². The maximum Gasteiger partial charge on any atom is 0.253 e. The maximum atomic E-state index is 12.2. The van der Waals surface area contributed by atoms with Crippen molar-refractivity contribution in [3.8, 4) is 0 Å². The van der Waals surface area contributed by atoms with Crippen LogP contribution in [0.15, 0.2) is 59.6 Å². The van der Waals surface area contributed by atoms with E-state index in [1.54, 1.807) is 19.0 Å². The fraction of sp³-hybridized carbons (Fsp3) is 0.462. The highest BCUT2D eigenvalue weighted by molar-refractivity contribution is 14.0. The minimum absolute atomic E-state index is 0. The average Bonchev–Trinajstić information content (AvgIpc) is 3.34. The van der Waals surface area contributed by atoms with E-state index in [2.05, 4.69) is 58.9 Å². The first-order valence-electron chi connectivity index (χ1n) is 11.7. The SMILES string of the molecule is CCNC(=NCC(c1ccccc1)N1CCCC1)NCCc1cccc(C(=O)N(C)C)c1.I. The molecule has 1 heterocycles. The van der Waals surface area contributed by atoms with Crippen molar-refractivity contribution in [1.82, 2.24) is 20.4 Å². The molecule has 1 atom stereocenters. The smallest absolute Gasteiger partial charge is 0.253 e. The topological polar surface area (TPSA) is 60.0 Å². The number of halogens is 1. The highest BCUT2D eigenvalue weighted by Gasteiger charge is 2.23. The molecule has 1 saturated heterocycles. The molecule has 1 fully saturated rings. The van der Waals surface area contributed by atoms with Gasteiger partial charge in [-0.2, -0.15) is 0 Å². The largest absolute Gasteiger partial charge is 0.357 e. The second-order valence-electron chi connectivity index (χ2n) is 8.47. The van der Waals surface area contributed by atoms with Crippen molar-refractivity contribution >= 4 is 35.8 Å². The number of nitrogens with zero attached hydrogens (tertiary/aromatic N) is 3. The minimum Gasteiger partial charge on any atom is -0.357 e. The third-order valence-corrected chi connectivity index (χ3v) is 5.82. The number of aliphatic imine (C=N–C) groups is 1. The Bertz CT molecular complexity index is 881. The predicted molar refractivity (Wildman–Crippen MR) is 148 cm³/mol. The van der Waals surface area contributed by atoms with Gasteiger partial charge in [-0.05, 0) is 62.5 Å². The Hall–Kier alpha value is -2.13. The summed E-state index contributed by atoms with van der Waals surface area (Å²) in [6.07, 6.45) is 3.36. The summed E-state index contributed by atoms with van der Waals surface area (Å²) in [6, 6.07) is 18.9. The Kier molecular flexibility index (Phi) is 11.7. The molecule has 0 aliphatic carbocycles. The molecule has 1 unspecified atom stereocenters. The number of guanidine groups is 1. The van der Waals surface area contributed by atoms with Crippen LogP contribution in [0.2, 0.25) is 0 Å². The van der Waals surface area contributed by atoms with E-state index in [0.717, 1.165) is 56.2 Å². The molecule has 6 nitrogen and oxygen atoms in total. The van der Waals surface area contributed by atoms with Crippen LogP contribution in [0.5, 0.6) is 0 Å². The third-order valence-electron chi connectivity index (χ3n) is 5.82. The number of hydrogen-bond acceptors (Lipinski definition) is 3. The molecule has 0 aromatic heterocycles. The van der Waals surface area contributed by atoms with E-state index < -0.39 is 0 Å². The van der Waals surface area contributed by atoms with Crippen molar-refractivity contribution in [1.29, 1.82) is 0 Å². The standard InChI is InChI=1S/C26H37N5O.HI/c1-4-27-26(28-16-15-21-11-10-14-23(19-21)25(32)30(2)3)29-20-24(31-17-8-9-18-31)22-12-6-5-7-13-22;/h5-7,10-14,19,24H,4,8-9,15-18,20H2,1-3H3,(H2,27,28,29);1H. The molecule has 2 N–H and O–H groups in total. The second kappa shape index (κ2) is 14.2. The Morgan fingerprint density at radius 2 is 1.79 bits per heavy atom. The summed E-state index contributed by atoms with van der Waals surface area (Å²) in [5, 5.41) is 6.83. The van der Waals surface area contributed by atoms with Crippen LogP contribution >= 0.6 is 24.0 Å². The Labute approximate surface area is 215 Å². The summed E-state index contributed by atoms with van der Waals surface area (Å²) in [4.78, 5) is 21.3. The van der Waals surface area contributed by atoms with Crippen LogP contribution in [0.3, 0.4) is 0 Å². The van der Waals surface area contributed by atoms with Gasteiger partial charge in [0.05, 0.1) is 12.6 Å². The van der Waals surface area contributed by atoms with Crippen LogP contribution in [0.25, 0.3) is 0 Å². The first kappa shape index (κ1) is 27.1. The molecular weight excluding hydrogens is 525 g/mol. The van der Waals surface area contributed by atoms with Crippen LogP contribution < -0.4 is 10.6 Å². The zero-order valence-electron chi connectivity index (χ0n) is 20.1. The highest BCUT2D eigenvalue weighted by Crippen LogP contribution is 2.25. The van der Waals surface area contributed by atoms with Gasteiger partial charge in [-0.3, -0.25) is 14.7 Å². The molecule has 33 heavy (non-hydrogen) atoms. The number of amides is 1. The number of likely N-dealkylation sites (tertiary alicyclic amines) is 1. The van der Waals surface area contributed by atoms with E-state index in [1.165, 1.54) is 18.4 Å². The summed E-state index contributed by atoms with van der Waals surface area (Å²) < 4.78 is 0. The summed E-state index contributed by atoms with van der Waals surface area (Å²) >= 11 is 0. The van der Waals surface area contributed by atoms with Crippen molar-refractivity contribution in [2.75, 3.05) is 46.8 Å². The summed E-state index contributed by atoms with van der Waals surface area (Å²) in [5.41, 5.74) is 3.20. The minimum atomic E-state index is 0. The van der Waals surface area contributed by atoms with Crippen molar-refractivity contribution in [3.63, 3.8) is 0 Å². The fourth-order valence-electron chi connectivity index (χ4n) is 4.12. The maximum absolute atomic E-state index is 12.2. The first-order valence-corrected chi connectivity index (χ1v) is 11.7. The van der Waals surface area contributed by atoms with E-state index >= 15 is 0 Å². The zero-order chi connectivity index (χ0) is 22.8. The first-order chi connectivity index (χ1) is 15.6. The molecule has 2 aromatic rings. The molecule has 2 aromatic carbocycles. The average molecular weight is 564 g/mol. The normalized spacial score (nSPS) is 14.9. The van der Waals surface area contributed by atoms with E-state index in [-0.39, 0.29) is 29.9 Å². The van der Waals surface area contributed by atoms with Gasteiger partial charge in [0.1, 0.15) is 0 Å². The van der Waals surface area contributed by atoms with Gasteiger partial charge in [-0.25, -0.2) is 0 Å². The number of benzene rings is 2. The van der Waals surface area contributed by atoms with Gasteiger partial charge in [-0.1, -0.05) is 42.5 Å². The molecule has 0 radical (unpaired) electrons. The highest BCUT2D eigenvalue weighted by atomic mass is 127. The molecule has 0 saturated carbocycles. The van der Waals surface area contributed by atoms with Gasteiger partial charge in [0.25, 0.3) is 5.91 Å². The van der Waals surface area contributed by atoms with Crippen LogP contribution in [0, 0.1) is 0 Å². The van der Waals surface area contributed by atoms with Crippen LogP contribution in [-0.2, 0) is 6.42 Å². The third kappa shape index (κ3) is 8.30. The van der Waals surface area contributed by atoms with Crippen LogP contribution in [-0.4, -0.2) is 68.5 Å². The molecule has 0 spiro atoms. The molecule has 7 heteroatoms. The van der Waals surface area contributed by atoms with Crippen molar-refractivity contribution < 1.29 is 4.79 Å². The fourth-order valence-corrected chi connectivity index (χ4v) is 4.12. The monoisotopic (exact) mass is 563 g/mol. The quantitative estimate of drug-likeness (QED) is 0.276. The van der Waals surface area contributed by atoms with E-state index in [9.17, 15) is 4.79 Å². The van der Waals surface area contributed by atoms with Gasteiger partial charge >= 0.3 is 0 Å². The molecule has 1 aliphatic rings. The lowest BCUT2D eigenvalue weighted by Crippen LogP contribution is -2.39. The number of hydrogen-bond donors (Lipinski definition) is 2. The van der Waals surface area contributed by atoms with Gasteiger partial charge in [0, 0.05) is 32.7 Å². The Morgan fingerprint density at radius 1 is 1.06 bits per heavy atom. The number of rotatable bonds is 9. The number of nitrogens with one attached hydrogen (secondary N) is 2. The van der Waals surface area contributed by atoms with Crippen LogP contribution in [0.4, 0.5) is 0 Å². The second-order valence-corrected chi connectivity index (χ2v) is 8.47. The lowest BCUT2D eigenvalue weighted by atomic mass is 10.1. The van der Waals surface area contributed by atoms with Crippen molar-refractivity contribution in [2.24, 2.45) is 4.99 Å². The zero-order valence-corrected chi connectivity index (χ0v) is 22.4. The molecular formula is C26H38IN5O. The molecule has 0 bridgehead atoms. The predicted octanol–water partition coefficient (Wildman–Crippen LogP) is 3.94. The molecule has 1 amide bonds. The summed E-state index contributed by atoms with van der Waals surface area (Å²) in [5.74, 6) is 0.872. The number of carbonyl (C=O) groups is 1.